The van der Waals surface area contributed by atoms with Crippen molar-refractivity contribution in [3.63, 3.8) is 0 Å². The number of rotatable bonds is 3. The summed E-state index contributed by atoms with van der Waals surface area (Å²) < 4.78 is 0.992. The summed E-state index contributed by atoms with van der Waals surface area (Å²) in [5.41, 5.74) is 2.65. The Hall–Kier alpha value is -2.15. The van der Waals surface area contributed by atoms with Crippen LogP contribution in [0.3, 0.4) is 0 Å². The van der Waals surface area contributed by atoms with E-state index in [4.69, 9.17) is 0 Å². The minimum absolute atomic E-state index is 0.140. The first-order valence-electron chi connectivity index (χ1n) is 5.79. The number of aryl methyl sites for hydroxylation is 2. The average Bonchev–Trinajstić information content (AvgIpc) is 2.85. The van der Waals surface area contributed by atoms with E-state index in [1.54, 1.807) is 0 Å². The summed E-state index contributed by atoms with van der Waals surface area (Å²) in [5.74, 6) is -0.417. The van der Waals surface area contributed by atoms with Gasteiger partial charge in [0.2, 0.25) is 0 Å². The molecule has 0 atom stereocenters. The standard InChI is InChI=1S/C13H12BrN3O3/c1-7-3-9(4-8(2)12(7)14)16-13(18)11-5-10(6-15-11)17(19)20/h3-6,15H,1-2H3,(H,16,18). The molecule has 1 amide bonds. The maximum Gasteiger partial charge on any atom is 0.287 e. The molecule has 0 spiro atoms. The summed E-state index contributed by atoms with van der Waals surface area (Å²) in [6, 6.07) is 4.85. The van der Waals surface area contributed by atoms with Crippen LogP contribution in [0.2, 0.25) is 0 Å². The van der Waals surface area contributed by atoms with Crippen LogP contribution in [0, 0.1) is 24.0 Å². The Balaban J connectivity index is 2.21. The predicted molar refractivity (Wildman–Crippen MR) is 79.0 cm³/mol. The number of hydrogen-bond donors (Lipinski definition) is 2. The van der Waals surface area contributed by atoms with Crippen molar-refractivity contribution < 1.29 is 9.72 Å². The quantitative estimate of drug-likeness (QED) is 0.663. The van der Waals surface area contributed by atoms with Gasteiger partial charge in [-0.2, -0.15) is 0 Å². The van der Waals surface area contributed by atoms with Crippen molar-refractivity contribution in [1.82, 2.24) is 4.98 Å². The Bertz CT molecular complexity index is 671. The summed E-state index contributed by atoms with van der Waals surface area (Å²) in [5, 5.41) is 13.3. The second kappa shape index (κ2) is 5.46. The fourth-order valence-corrected chi connectivity index (χ4v) is 2.06. The maximum atomic E-state index is 12.0. The summed E-state index contributed by atoms with van der Waals surface area (Å²) >= 11 is 3.45. The predicted octanol–water partition coefficient (Wildman–Crippen LogP) is 3.55. The zero-order chi connectivity index (χ0) is 14.9. The van der Waals surface area contributed by atoms with Crippen LogP contribution in [0.25, 0.3) is 0 Å². The first-order valence-corrected chi connectivity index (χ1v) is 6.58. The maximum absolute atomic E-state index is 12.0. The zero-order valence-corrected chi connectivity index (χ0v) is 12.4. The minimum atomic E-state index is -0.554. The van der Waals surface area contributed by atoms with Gasteiger partial charge < -0.3 is 10.3 Å². The van der Waals surface area contributed by atoms with Crippen LogP contribution in [-0.4, -0.2) is 15.8 Å². The molecule has 2 aromatic rings. The molecular weight excluding hydrogens is 326 g/mol. The Morgan fingerprint density at radius 2 is 1.90 bits per heavy atom. The van der Waals surface area contributed by atoms with Crippen LogP contribution < -0.4 is 5.32 Å². The van der Waals surface area contributed by atoms with Crippen LogP contribution >= 0.6 is 15.9 Å². The SMILES string of the molecule is Cc1cc(NC(=O)c2cc([N+](=O)[O-])c[nH]2)cc(C)c1Br. The molecule has 2 rings (SSSR count). The normalized spacial score (nSPS) is 10.3. The van der Waals surface area contributed by atoms with Gasteiger partial charge >= 0.3 is 0 Å². The number of hydrogen-bond acceptors (Lipinski definition) is 3. The fourth-order valence-electron chi connectivity index (χ4n) is 1.84. The van der Waals surface area contributed by atoms with Gasteiger partial charge in [0.25, 0.3) is 11.6 Å². The molecule has 0 unspecified atom stereocenters. The number of halogens is 1. The molecule has 7 heteroatoms. The topological polar surface area (TPSA) is 88.0 Å². The molecule has 20 heavy (non-hydrogen) atoms. The number of amides is 1. The van der Waals surface area contributed by atoms with E-state index in [2.05, 4.69) is 26.2 Å². The van der Waals surface area contributed by atoms with Gasteiger partial charge in [0.1, 0.15) is 5.69 Å². The molecule has 6 nitrogen and oxygen atoms in total. The van der Waals surface area contributed by atoms with E-state index < -0.39 is 10.8 Å². The number of H-pyrrole nitrogens is 1. The number of anilines is 1. The largest absolute Gasteiger partial charge is 0.351 e. The molecule has 1 aromatic carbocycles. The monoisotopic (exact) mass is 337 g/mol. The first-order chi connectivity index (χ1) is 9.38. The van der Waals surface area contributed by atoms with Gasteiger partial charge in [-0.25, -0.2) is 0 Å². The highest BCUT2D eigenvalue weighted by Gasteiger charge is 2.15. The van der Waals surface area contributed by atoms with E-state index in [1.807, 2.05) is 26.0 Å². The highest BCUT2D eigenvalue weighted by molar-refractivity contribution is 9.10. The lowest BCUT2D eigenvalue weighted by molar-refractivity contribution is -0.384. The van der Waals surface area contributed by atoms with Crippen molar-refractivity contribution in [3.05, 3.63) is 55.8 Å². The van der Waals surface area contributed by atoms with Crippen molar-refractivity contribution in [2.75, 3.05) is 5.32 Å². The molecule has 2 N–H and O–H groups in total. The number of benzene rings is 1. The van der Waals surface area contributed by atoms with E-state index in [9.17, 15) is 14.9 Å². The van der Waals surface area contributed by atoms with Crippen LogP contribution in [0.5, 0.6) is 0 Å². The van der Waals surface area contributed by atoms with E-state index in [0.717, 1.165) is 15.6 Å². The molecule has 0 aliphatic rings. The molecule has 0 bridgehead atoms. The highest BCUT2D eigenvalue weighted by Crippen LogP contribution is 2.25. The Kier molecular flexibility index (Phi) is 3.89. The summed E-state index contributed by atoms with van der Waals surface area (Å²) in [6.07, 6.45) is 1.19. The highest BCUT2D eigenvalue weighted by atomic mass is 79.9. The third-order valence-corrected chi connectivity index (χ3v) is 4.07. The third-order valence-electron chi connectivity index (χ3n) is 2.82. The number of aromatic amines is 1. The van der Waals surface area contributed by atoms with Gasteiger partial charge in [0, 0.05) is 16.2 Å². The Labute approximate surface area is 123 Å². The zero-order valence-electron chi connectivity index (χ0n) is 10.9. The Morgan fingerprint density at radius 3 is 2.40 bits per heavy atom. The number of carbonyl (C=O) groups is 1. The number of nitro groups is 1. The molecule has 0 saturated heterocycles. The van der Waals surface area contributed by atoms with Crippen molar-refractivity contribution in [2.45, 2.75) is 13.8 Å². The van der Waals surface area contributed by atoms with E-state index >= 15 is 0 Å². The van der Waals surface area contributed by atoms with Crippen molar-refractivity contribution in [2.24, 2.45) is 0 Å². The van der Waals surface area contributed by atoms with Crippen LogP contribution in [0.1, 0.15) is 21.6 Å². The first kappa shape index (κ1) is 14.3. The summed E-state index contributed by atoms with van der Waals surface area (Å²) in [7, 11) is 0. The van der Waals surface area contributed by atoms with Gasteiger partial charge in [-0.3, -0.25) is 14.9 Å². The van der Waals surface area contributed by atoms with Crippen molar-refractivity contribution in [3.8, 4) is 0 Å². The minimum Gasteiger partial charge on any atom is -0.351 e. The van der Waals surface area contributed by atoms with Gasteiger partial charge in [-0.1, -0.05) is 15.9 Å². The van der Waals surface area contributed by atoms with Crippen LogP contribution in [0.4, 0.5) is 11.4 Å². The Morgan fingerprint density at radius 1 is 1.30 bits per heavy atom. The molecule has 104 valence electrons. The molecular formula is C13H12BrN3O3. The number of aromatic nitrogens is 1. The summed E-state index contributed by atoms with van der Waals surface area (Å²) in [6.45, 7) is 3.85. The lowest BCUT2D eigenvalue weighted by Gasteiger charge is -2.08. The lowest BCUT2D eigenvalue weighted by atomic mass is 10.1. The van der Waals surface area contributed by atoms with Gasteiger partial charge in [-0.15, -0.1) is 0 Å². The van der Waals surface area contributed by atoms with Crippen LogP contribution in [0.15, 0.2) is 28.9 Å². The number of nitrogens with one attached hydrogen (secondary N) is 2. The molecule has 1 heterocycles. The van der Waals surface area contributed by atoms with Gasteiger partial charge in [-0.05, 0) is 37.1 Å². The van der Waals surface area contributed by atoms with Crippen LogP contribution in [-0.2, 0) is 0 Å². The van der Waals surface area contributed by atoms with Crippen molar-refractivity contribution in [1.29, 1.82) is 0 Å². The molecule has 0 saturated carbocycles. The second-order valence-corrected chi connectivity index (χ2v) is 5.20. The molecule has 0 radical (unpaired) electrons. The molecule has 1 aromatic heterocycles. The fraction of sp³-hybridized carbons (Fsp3) is 0.154. The number of nitrogens with zero attached hydrogens (tertiary/aromatic N) is 1. The van der Waals surface area contributed by atoms with E-state index in [1.165, 1.54) is 12.3 Å². The molecule has 0 aliphatic heterocycles. The average molecular weight is 338 g/mol. The van der Waals surface area contributed by atoms with Gasteiger partial charge in [0.15, 0.2) is 0 Å². The second-order valence-electron chi connectivity index (χ2n) is 4.41. The lowest BCUT2D eigenvalue weighted by Crippen LogP contribution is -2.12. The van der Waals surface area contributed by atoms with E-state index in [0.29, 0.717) is 5.69 Å². The molecule has 0 aliphatic carbocycles. The molecule has 0 fully saturated rings. The van der Waals surface area contributed by atoms with Crippen molar-refractivity contribution >= 4 is 33.2 Å². The number of carbonyl (C=O) groups excluding carboxylic acids is 1. The summed E-state index contributed by atoms with van der Waals surface area (Å²) in [4.78, 5) is 24.6. The third kappa shape index (κ3) is 2.88. The van der Waals surface area contributed by atoms with Gasteiger partial charge in [0.05, 0.1) is 11.1 Å². The smallest absolute Gasteiger partial charge is 0.287 e. The van der Waals surface area contributed by atoms with E-state index in [-0.39, 0.29) is 11.4 Å².